The summed E-state index contributed by atoms with van der Waals surface area (Å²) < 4.78 is 26.3. The van der Waals surface area contributed by atoms with Gasteiger partial charge in [-0.3, -0.25) is 4.79 Å². The van der Waals surface area contributed by atoms with Crippen molar-refractivity contribution in [2.75, 3.05) is 6.54 Å². The number of sulfonamides is 1. The van der Waals surface area contributed by atoms with E-state index in [2.05, 4.69) is 10.0 Å². The minimum Gasteiger partial charge on any atom is -0.389 e. The van der Waals surface area contributed by atoms with Crippen molar-refractivity contribution in [3.05, 3.63) is 35.4 Å². The van der Waals surface area contributed by atoms with Gasteiger partial charge in [-0.15, -0.1) is 0 Å². The van der Waals surface area contributed by atoms with Crippen LogP contribution in [-0.4, -0.2) is 31.9 Å². The fraction of sp³-hybridized carbons (Fsp3) is 0.385. The molecule has 21 heavy (non-hydrogen) atoms. The molecule has 0 atom stereocenters. The molecule has 1 fully saturated rings. The number of hydrogen-bond acceptors (Lipinski definition) is 4. The molecule has 0 heterocycles. The molecule has 0 aliphatic heterocycles. The van der Waals surface area contributed by atoms with E-state index in [4.69, 9.17) is 18.0 Å². The fourth-order valence-corrected chi connectivity index (χ4v) is 3.14. The zero-order chi connectivity index (χ0) is 15.5. The molecule has 1 aromatic rings. The molecule has 1 saturated carbocycles. The van der Waals surface area contributed by atoms with E-state index in [-0.39, 0.29) is 29.2 Å². The van der Waals surface area contributed by atoms with Gasteiger partial charge in [0.25, 0.3) is 0 Å². The van der Waals surface area contributed by atoms with Crippen LogP contribution in [0.25, 0.3) is 0 Å². The van der Waals surface area contributed by atoms with Crippen molar-refractivity contribution in [2.45, 2.75) is 24.6 Å². The molecule has 2 rings (SSSR count). The fourth-order valence-electron chi connectivity index (χ4n) is 1.82. The Morgan fingerprint density at radius 2 is 2.00 bits per heavy atom. The van der Waals surface area contributed by atoms with Gasteiger partial charge in [0.1, 0.15) is 4.99 Å². The molecule has 1 amide bonds. The SMILES string of the molecule is NC(=S)c1ccccc1CS(=O)(=O)NCC(=O)NC1CC1. The second-order valence-electron chi connectivity index (χ2n) is 4.94. The van der Waals surface area contributed by atoms with Crippen molar-refractivity contribution < 1.29 is 13.2 Å². The summed E-state index contributed by atoms with van der Waals surface area (Å²) >= 11 is 4.90. The van der Waals surface area contributed by atoms with Crippen LogP contribution in [0.1, 0.15) is 24.0 Å². The largest absolute Gasteiger partial charge is 0.389 e. The first-order valence-electron chi connectivity index (χ1n) is 6.52. The minimum absolute atomic E-state index is 0.146. The summed E-state index contributed by atoms with van der Waals surface area (Å²) in [4.78, 5) is 11.6. The second-order valence-corrected chi connectivity index (χ2v) is 7.19. The molecule has 0 aromatic heterocycles. The van der Waals surface area contributed by atoms with Crippen LogP contribution in [-0.2, 0) is 20.6 Å². The lowest BCUT2D eigenvalue weighted by atomic mass is 10.1. The van der Waals surface area contributed by atoms with E-state index in [1.165, 1.54) is 0 Å². The van der Waals surface area contributed by atoms with Gasteiger partial charge in [-0.1, -0.05) is 36.5 Å². The summed E-state index contributed by atoms with van der Waals surface area (Å²) in [5.41, 5.74) is 6.61. The molecule has 0 radical (unpaired) electrons. The van der Waals surface area contributed by atoms with Gasteiger partial charge in [0, 0.05) is 11.6 Å². The average Bonchev–Trinajstić information content (AvgIpc) is 3.20. The van der Waals surface area contributed by atoms with E-state index < -0.39 is 10.0 Å². The summed E-state index contributed by atoms with van der Waals surface area (Å²) in [5.74, 6) is -0.583. The zero-order valence-corrected chi connectivity index (χ0v) is 13.0. The number of nitrogens with one attached hydrogen (secondary N) is 2. The Bertz CT molecular complexity index is 654. The van der Waals surface area contributed by atoms with Gasteiger partial charge >= 0.3 is 0 Å². The van der Waals surface area contributed by atoms with Crippen molar-refractivity contribution in [3.8, 4) is 0 Å². The lowest BCUT2D eigenvalue weighted by Gasteiger charge is -2.10. The standard InChI is InChI=1S/C13H17N3O3S2/c14-13(20)11-4-2-1-3-9(11)8-21(18,19)15-7-12(17)16-10-5-6-10/h1-4,10,15H,5-8H2,(H2,14,20)(H,16,17). The van der Waals surface area contributed by atoms with E-state index in [1.807, 2.05) is 0 Å². The number of carbonyl (C=O) groups is 1. The topological polar surface area (TPSA) is 101 Å². The van der Waals surface area contributed by atoms with Gasteiger partial charge in [-0.05, 0) is 18.4 Å². The van der Waals surface area contributed by atoms with Crippen LogP contribution >= 0.6 is 12.2 Å². The smallest absolute Gasteiger partial charge is 0.235 e. The van der Waals surface area contributed by atoms with Crippen LogP contribution in [0.5, 0.6) is 0 Å². The molecule has 8 heteroatoms. The van der Waals surface area contributed by atoms with Crippen molar-refractivity contribution in [3.63, 3.8) is 0 Å². The highest BCUT2D eigenvalue weighted by Gasteiger charge is 2.24. The number of rotatable bonds is 7. The molecule has 4 N–H and O–H groups in total. The molecular weight excluding hydrogens is 310 g/mol. The monoisotopic (exact) mass is 327 g/mol. The maximum Gasteiger partial charge on any atom is 0.235 e. The number of amides is 1. The summed E-state index contributed by atoms with van der Waals surface area (Å²) in [7, 11) is -3.63. The van der Waals surface area contributed by atoms with Gasteiger partial charge in [-0.2, -0.15) is 0 Å². The molecule has 0 bridgehead atoms. The van der Waals surface area contributed by atoms with E-state index in [0.717, 1.165) is 12.8 Å². The first kappa shape index (κ1) is 15.9. The van der Waals surface area contributed by atoms with Crippen molar-refractivity contribution in [1.29, 1.82) is 0 Å². The number of carbonyl (C=O) groups excluding carboxylic acids is 1. The third-order valence-corrected chi connectivity index (χ3v) is 4.52. The lowest BCUT2D eigenvalue weighted by molar-refractivity contribution is -0.120. The molecule has 0 unspecified atom stereocenters. The Labute approximate surface area is 129 Å². The third-order valence-electron chi connectivity index (χ3n) is 3.02. The van der Waals surface area contributed by atoms with E-state index in [1.54, 1.807) is 24.3 Å². The Hall–Kier alpha value is -1.51. The van der Waals surface area contributed by atoms with Crippen molar-refractivity contribution in [1.82, 2.24) is 10.0 Å². The molecule has 1 aliphatic carbocycles. The van der Waals surface area contributed by atoms with Crippen LogP contribution in [0.2, 0.25) is 0 Å². The van der Waals surface area contributed by atoms with Crippen LogP contribution in [0.4, 0.5) is 0 Å². The molecular formula is C13H17N3O3S2. The summed E-state index contributed by atoms with van der Waals surface area (Å²) in [6.07, 6.45) is 1.92. The first-order valence-corrected chi connectivity index (χ1v) is 8.58. The summed E-state index contributed by atoms with van der Waals surface area (Å²) in [6.45, 7) is -0.256. The quantitative estimate of drug-likeness (QED) is 0.613. The Kier molecular flexibility index (Phi) is 4.92. The van der Waals surface area contributed by atoms with Crippen molar-refractivity contribution in [2.24, 2.45) is 5.73 Å². The summed E-state index contributed by atoms with van der Waals surface area (Å²) in [5, 5.41) is 2.71. The maximum absolute atomic E-state index is 12.0. The predicted molar refractivity (Wildman–Crippen MR) is 84.1 cm³/mol. The average molecular weight is 327 g/mol. The normalized spacial score (nSPS) is 14.7. The molecule has 114 valence electrons. The van der Waals surface area contributed by atoms with E-state index in [0.29, 0.717) is 11.1 Å². The van der Waals surface area contributed by atoms with Gasteiger partial charge in [0.15, 0.2) is 0 Å². The highest BCUT2D eigenvalue weighted by atomic mass is 32.2. The van der Waals surface area contributed by atoms with Crippen LogP contribution in [0.15, 0.2) is 24.3 Å². The Morgan fingerprint density at radius 3 is 2.62 bits per heavy atom. The molecule has 0 saturated heterocycles. The van der Waals surface area contributed by atoms with Crippen LogP contribution < -0.4 is 15.8 Å². The van der Waals surface area contributed by atoms with E-state index in [9.17, 15) is 13.2 Å². The highest BCUT2D eigenvalue weighted by molar-refractivity contribution is 7.88. The van der Waals surface area contributed by atoms with Gasteiger partial charge < -0.3 is 11.1 Å². The second kappa shape index (κ2) is 6.50. The zero-order valence-electron chi connectivity index (χ0n) is 11.3. The first-order chi connectivity index (χ1) is 9.87. The van der Waals surface area contributed by atoms with Gasteiger partial charge in [0.05, 0.1) is 12.3 Å². The number of thiocarbonyl (C=S) groups is 1. The van der Waals surface area contributed by atoms with Gasteiger partial charge in [0.2, 0.25) is 15.9 Å². The minimum atomic E-state index is -3.63. The maximum atomic E-state index is 12.0. The molecule has 1 aromatic carbocycles. The predicted octanol–water partition coefficient (Wildman–Crippen LogP) is 0.0188. The van der Waals surface area contributed by atoms with Crippen LogP contribution in [0.3, 0.4) is 0 Å². The molecule has 1 aliphatic rings. The number of hydrogen-bond donors (Lipinski definition) is 3. The molecule has 6 nitrogen and oxygen atoms in total. The Balaban J connectivity index is 1.97. The van der Waals surface area contributed by atoms with E-state index >= 15 is 0 Å². The number of benzene rings is 1. The van der Waals surface area contributed by atoms with Gasteiger partial charge in [-0.25, -0.2) is 13.1 Å². The van der Waals surface area contributed by atoms with Crippen LogP contribution in [0, 0.1) is 0 Å². The molecule has 0 spiro atoms. The third kappa shape index (κ3) is 5.07. The Morgan fingerprint density at radius 1 is 1.33 bits per heavy atom. The summed E-state index contributed by atoms with van der Waals surface area (Å²) in [6, 6.07) is 6.98. The van der Waals surface area contributed by atoms with Crippen molar-refractivity contribution >= 4 is 33.1 Å². The highest BCUT2D eigenvalue weighted by Crippen LogP contribution is 2.18. The lowest BCUT2D eigenvalue weighted by Crippen LogP contribution is -2.38. The number of nitrogens with two attached hydrogens (primary N) is 1.